The summed E-state index contributed by atoms with van der Waals surface area (Å²) in [7, 11) is -1.41. The summed E-state index contributed by atoms with van der Waals surface area (Å²) < 4.78 is 14.8. The Kier molecular flexibility index (Phi) is 11.9. The van der Waals surface area contributed by atoms with E-state index in [1.54, 1.807) is 3.97 Å². The molecule has 1 unspecified atom stereocenters. The standard InChI is InChI=1S/C19H14ClN3OS.2C2H6.CH2O2/c1-13-12-16-17(20)21-18(14-8-4-2-5-9-14)22-19(16)23(13)25(24)15-10-6-3-7-11-15;2*1-2;2-1-3/h2-12H,1H3;2*1-2H3;1H,(H,2,3). The highest BCUT2D eigenvalue weighted by Crippen LogP contribution is 2.29. The SMILES string of the molecule is CC.CC.Cc1cc2c(Cl)nc(-c3ccccc3)nc2n1S(=O)c1ccccc1.O=CO. The third-order valence-corrected chi connectivity index (χ3v) is 5.64. The minimum atomic E-state index is -1.41. The highest BCUT2D eigenvalue weighted by molar-refractivity contribution is 7.83. The lowest BCUT2D eigenvalue weighted by atomic mass is 10.2. The van der Waals surface area contributed by atoms with Crippen molar-refractivity contribution in [2.24, 2.45) is 0 Å². The smallest absolute Gasteiger partial charge is 0.290 e. The molecule has 170 valence electrons. The number of halogens is 1. The van der Waals surface area contributed by atoms with Gasteiger partial charge in [0.1, 0.15) is 5.15 Å². The molecule has 32 heavy (non-hydrogen) atoms. The number of hydrogen-bond acceptors (Lipinski definition) is 4. The number of aryl methyl sites for hydroxylation is 1. The van der Waals surface area contributed by atoms with Gasteiger partial charge in [-0.3, -0.25) is 4.79 Å². The fraction of sp³-hybridized carbons (Fsp3) is 0.208. The predicted molar refractivity (Wildman–Crippen MR) is 132 cm³/mol. The van der Waals surface area contributed by atoms with Crippen LogP contribution in [0.15, 0.2) is 71.6 Å². The number of carbonyl (C=O) groups is 1. The first kappa shape index (κ1) is 27.0. The largest absolute Gasteiger partial charge is 0.483 e. The van der Waals surface area contributed by atoms with Crippen LogP contribution >= 0.6 is 11.6 Å². The van der Waals surface area contributed by atoms with Crippen molar-refractivity contribution in [2.45, 2.75) is 39.5 Å². The third-order valence-electron chi connectivity index (χ3n) is 3.89. The van der Waals surface area contributed by atoms with Gasteiger partial charge in [-0.25, -0.2) is 18.1 Å². The number of hydrogen-bond donors (Lipinski definition) is 1. The molecule has 1 atom stereocenters. The Balaban J connectivity index is 0.000000662. The molecule has 2 aromatic carbocycles. The molecular formula is C24H28ClN3O3S. The monoisotopic (exact) mass is 473 g/mol. The summed E-state index contributed by atoms with van der Waals surface area (Å²) in [4.78, 5) is 18.1. The summed E-state index contributed by atoms with van der Waals surface area (Å²) in [6.45, 7) is 9.64. The van der Waals surface area contributed by atoms with E-state index >= 15 is 0 Å². The summed E-state index contributed by atoms with van der Waals surface area (Å²) in [5.41, 5.74) is 2.25. The number of carboxylic acid groups (broad SMARTS) is 1. The van der Waals surface area contributed by atoms with Gasteiger partial charge in [-0.05, 0) is 25.1 Å². The quantitative estimate of drug-likeness (QED) is 0.275. The number of nitrogens with zero attached hydrogens (tertiary/aromatic N) is 3. The van der Waals surface area contributed by atoms with Crippen molar-refractivity contribution in [3.05, 3.63) is 77.6 Å². The van der Waals surface area contributed by atoms with E-state index in [9.17, 15) is 4.21 Å². The van der Waals surface area contributed by atoms with E-state index in [-0.39, 0.29) is 6.47 Å². The molecule has 0 amide bonds. The topological polar surface area (TPSA) is 85.1 Å². The maximum Gasteiger partial charge on any atom is 0.290 e. The Labute approximate surface area is 196 Å². The van der Waals surface area contributed by atoms with Crippen LogP contribution in [0.25, 0.3) is 22.4 Å². The lowest BCUT2D eigenvalue weighted by Gasteiger charge is -2.08. The fourth-order valence-electron chi connectivity index (χ4n) is 2.71. The lowest BCUT2D eigenvalue weighted by molar-refractivity contribution is -0.122. The molecule has 0 aliphatic carbocycles. The van der Waals surface area contributed by atoms with Crippen LogP contribution in [0.3, 0.4) is 0 Å². The van der Waals surface area contributed by atoms with Crippen LogP contribution in [-0.4, -0.2) is 29.7 Å². The van der Waals surface area contributed by atoms with Crippen molar-refractivity contribution in [1.82, 2.24) is 13.9 Å². The Morgan fingerprint density at radius 2 is 1.44 bits per heavy atom. The van der Waals surface area contributed by atoms with Crippen LogP contribution in [0, 0.1) is 6.92 Å². The summed E-state index contributed by atoms with van der Waals surface area (Å²) in [6, 6.07) is 20.8. The van der Waals surface area contributed by atoms with Gasteiger partial charge in [0, 0.05) is 11.3 Å². The lowest BCUT2D eigenvalue weighted by Crippen LogP contribution is -2.08. The highest BCUT2D eigenvalue weighted by Gasteiger charge is 2.18. The van der Waals surface area contributed by atoms with Crippen LogP contribution in [0.1, 0.15) is 33.4 Å². The molecule has 0 aliphatic rings. The van der Waals surface area contributed by atoms with E-state index in [0.717, 1.165) is 11.3 Å². The van der Waals surface area contributed by atoms with E-state index in [2.05, 4.69) is 9.97 Å². The van der Waals surface area contributed by atoms with Gasteiger partial charge in [-0.1, -0.05) is 87.8 Å². The zero-order valence-electron chi connectivity index (χ0n) is 18.8. The van der Waals surface area contributed by atoms with Crippen LogP contribution in [-0.2, 0) is 15.8 Å². The maximum absolute atomic E-state index is 13.1. The average Bonchev–Trinajstić information content (AvgIpc) is 3.19. The van der Waals surface area contributed by atoms with E-state index in [0.29, 0.717) is 26.9 Å². The van der Waals surface area contributed by atoms with Crippen molar-refractivity contribution in [1.29, 1.82) is 0 Å². The first-order valence-electron chi connectivity index (χ1n) is 10.2. The summed E-state index contributed by atoms with van der Waals surface area (Å²) in [6.07, 6.45) is 0. The molecule has 8 heteroatoms. The molecule has 0 aliphatic heterocycles. The molecular weight excluding hydrogens is 446 g/mol. The zero-order chi connectivity index (χ0) is 24.1. The van der Waals surface area contributed by atoms with Gasteiger partial charge in [0.25, 0.3) is 6.47 Å². The van der Waals surface area contributed by atoms with Crippen LogP contribution < -0.4 is 0 Å². The van der Waals surface area contributed by atoms with Crippen LogP contribution in [0.5, 0.6) is 0 Å². The molecule has 2 aromatic heterocycles. The van der Waals surface area contributed by atoms with Crippen molar-refractivity contribution in [3.63, 3.8) is 0 Å². The molecule has 0 bridgehead atoms. The second-order valence-corrected chi connectivity index (χ2v) is 7.38. The Morgan fingerprint density at radius 3 is 1.97 bits per heavy atom. The van der Waals surface area contributed by atoms with Gasteiger partial charge in [-0.15, -0.1) is 0 Å². The maximum atomic E-state index is 13.1. The second kappa shape index (κ2) is 14.1. The minimum absolute atomic E-state index is 0.250. The van der Waals surface area contributed by atoms with E-state index < -0.39 is 11.0 Å². The Hall–Kier alpha value is -3.03. The number of aromatic nitrogens is 3. The molecule has 0 fully saturated rings. The van der Waals surface area contributed by atoms with Crippen molar-refractivity contribution < 1.29 is 14.1 Å². The molecule has 0 saturated heterocycles. The van der Waals surface area contributed by atoms with Gasteiger partial charge in [0.05, 0.1) is 10.3 Å². The molecule has 4 rings (SSSR count). The van der Waals surface area contributed by atoms with Crippen molar-refractivity contribution >= 4 is 40.1 Å². The second-order valence-electron chi connectivity index (χ2n) is 5.69. The molecule has 2 heterocycles. The summed E-state index contributed by atoms with van der Waals surface area (Å²) in [5.74, 6) is 0.516. The fourth-order valence-corrected chi connectivity index (χ4v) is 4.14. The molecule has 4 aromatic rings. The Morgan fingerprint density at radius 1 is 0.938 bits per heavy atom. The van der Waals surface area contributed by atoms with Crippen LogP contribution in [0.4, 0.5) is 0 Å². The molecule has 0 radical (unpaired) electrons. The average molecular weight is 474 g/mol. The van der Waals surface area contributed by atoms with Gasteiger partial charge in [0.15, 0.2) is 22.5 Å². The zero-order valence-corrected chi connectivity index (χ0v) is 20.4. The van der Waals surface area contributed by atoms with Crippen molar-refractivity contribution in [2.75, 3.05) is 0 Å². The normalized spacial score (nSPS) is 10.4. The highest BCUT2D eigenvalue weighted by atomic mass is 35.5. The summed E-state index contributed by atoms with van der Waals surface area (Å²) >= 11 is 6.38. The van der Waals surface area contributed by atoms with Gasteiger partial charge in [-0.2, -0.15) is 0 Å². The number of benzene rings is 2. The number of fused-ring (bicyclic) bond motifs is 1. The first-order valence-corrected chi connectivity index (χ1v) is 11.7. The minimum Gasteiger partial charge on any atom is -0.483 e. The van der Waals surface area contributed by atoms with Gasteiger partial charge >= 0.3 is 0 Å². The molecule has 0 saturated carbocycles. The van der Waals surface area contributed by atoms with Gasteiger partial charge < -0.3 is 5.11 Å². The molecule has 0 spiro atoms. The molecule has 6 nitrogen and oxygen atoms in total. The van der Waals surface area contributed by atoms with Gasteiger partial charge in [0.2, 0.25) is 0 Å². The predicted octanol–water partition coefficient (Wildman–Crippen LogP) is 6.38. The van der Waals surface area contributed by atoms with E-state index in [1.165, 1.54) is 0 Å². The molecule has 1 N–H and O–H groups in total. The van der Waals surface area contributed by atoms with Crippen LogP contribution in [0.2, 0.25) is 5.15 Å². The Bertz CT molecular complexity index is 1130. The number of rotatable bonds is 3. The summed E-state index contributed by atoms with van der Waals surface area (Å²) in [5, 5.41) is 7.94. The van der Waals surface area contributed by atoms with E-state index in [1.807, 2.05) is 101 Å². The third kappa shape index (κ3) is 6.48. The first-order chi connectivity index (χ1) is 15.6. The van der Waals surface area contributed by atoms with Crippen molar-refractivity contribution in [3.8, 4) is 11.4 Å². The van der Waals surface area contributed by atoms with E-state index in [4.69, 9.17) is 21.5 Å².